The lowest BCUT2D eigenvalue weighted by Gasteiger charge is -2.09. The van der Waals surface area contributed by atoms with Gasteiger partial charge in [-0.3, -0.25) is 4.79 Å². The van der Waals surface area contributed by atoms with Crippen LogP contribution in [0.15, 0.2) is 72.9 Å². The SMILES string of the molecule is NCc1ccnc(Oc2cccc(C(=O)NCc3ccccc3)c2)c1. The molecule has 1 amide bonds. The van der Waals surface area contributed by atoms with Gasteiger partial charge in [0.05, 0.1) is 0 Å². The minimum atomic E-state index is -0.155. The molecule has 0 saturated heterocycles. The fourth-order valence-electron chi connectivity index (χ4n) is 2.34. The third kappa shape index (κ3) is 4.65. The Labute approximate surface area is 146 Å². The molecule has 5 nitrogen and oxygen atoms in total. The van der Waals surface area contributed by atoms with Crippen LogP contribution in [0.25, 0.3) is 0 Å². The number of carbonyl (C=O) groups excluding carboxylic acids is 1. The lowest BCUT2D eigenvalue weighted by atomic mass is 10.2. The van der Waals surface area contributed by atoms with Gasteiger partial charge < -0.3 is 15.8 Å². The predicted octanol–water partition coefficient (Wildman–Crippen LogP) is 3.26. The van der Waals surface area contributed by atoms with E-state index in [1.165, 1.54) is 0 Å². The maximum atomic E-state index is 12.3. The third-order valence-corrected chi connectivity index (χ3v) is 3.65. The van der Waals surface area contributed by atoms with E-state index in [4.69, 9.17) is 10.5 Å². The van der Waals surface area contributed by atoms with Crippen LogP contribution in [0.5, 0.6) is 11.6 Å². The lowest BCUT2D eigenvalue weighted by molar-refractivity contribution is 0.0950. The van der Waals surface area contributed by atoms with Gasteiger partial charge in [0.2, 0.25) is 5.88 Å². The fourth-order valence-corrected chi connectivity index (χ4v) is 2.34. The van der Waals surface area contributed by atoms with E-state index in [9.17, 15) is 4.79 Å². The number of nitrogens with one attached hydrogen (secondary N) is 1. The summed E-state index contributed by atoms with van der Waals surface area (Å²) in [5, 5.41) is 2.90. The van der Waals surface area contributed by atoms with Crippen molar-refractivity contribution in [2.24, 2.45) is 5.73 Å². The number of hydrogen-bond acceptors (Lipinski definition) is 4. The molecule has 1 heterocycles. The van der Waals surface area contributed by atoms with Crippen LogP contribution in [0.1, 0.15) is 21.5 Å². The number of amides is 1. The Balaban J connectivity index is 1.67. The number of hydrogen-bond donors (Lipinski definition) is 2. The zero-order chi connectivity index (χ0) is 17.5. The van der Waals surface area contributed by atoms with E-state index < -0.39 is 0 Å². The topological polar surface area (TPSA) is 77.2 Å². The Morgan fingerprint density at radius 1 is 1.00 bits per heavy atom. The van der Waals surface area contributed by atoms with Crippen molar-refractivity contribution < 1.29 is 9.53 Å². The van der Waals surface area contributed by atoms with Gasteiger partial charge in [0.25, 0.3) is 5.91 Å². The summed E-state index contributed by atoms with van der Waals surface area (Å²) < 4.78 is 5.73. The van der Waals surface area contributed by atoms with E-state index in [0.29, 0.717) is 30.3 Å². The van der Waals surface area contributed by atoms with E-state index >= 15 is 0 Å². The number of nitrogens with zero attached hydrogens (tertiary/aromatic N) is 1. The number of pyridine rings is 1. The second-order valence-corrected chi connectivity index (χ2v) is 5.50. The zero-order valence-corrected chi connectivity index (χ0v) is 13.7. The molecule has 0 aliphatic rings. The van der Waals surface area contributed by atoms with Crippen molar-refractivity contribution in [1.82, 2.24) is 10.3 Å². The molecule has 0 radical (unpaired) electrons. The first kappa shape index (κ1) is 16.7. The van der Waals surface area contributed by atoms with Crippen LogP contribution in [0.3, 0.4) is 0 Å². The summed E-state index contributed by atoms with van der Waals surface area (Å²) in [5.41, 5.74) is 8.13. The van der Waals surface area contributed by atoms with Gasteiger partial charge in [0.15, 0.2) is 0 Å². The first-order valence-electron chi connectivity index (χ1n) is 7.99. The maximum Gasteiger partial charge on any atom is 0.251 e. The van der Waals surface area contributed by atoms with Gasteiger partial charge in [0.1, 0.15) is 5.75 Å². The number of rotatable bonds is 6. The monoisotopic (exact) mass is 333 g/mol. The summed E-state index contributed by atoms with van der Waals surface area (Å²) in [4.78, 5) is 16.5. The highest BCUT2D eigenvalue weighted by Crippen LogP contribution is 2.21. The fraction of sp³-hybridized carbons (Fsp3) is 0.100. The molecule has 0 fully saturated rings. The molecule has 0 spiro atoms. The Kier molecular flexibility index (Phi) is 5.39. The summed E-state index contributed by atoms with van der Waals surface area (Å²) in [5.74, 6) is 0.844. The molecule has 5 heteroatoms. The van der Waals surface area contributed by atoms with Gasteiger partial charge in [-0.05, 0) is 35.4 Å². The second kappa shape index (κ2) is 8.08. The highest BCUT2D eigenvalue weighted by molar-refractivity contribution is 5.94. The zero-order valence-electron chi connectivity index (χ0n) is 13.7. The summed E-state index contributed by atoms with van der Waals surface area (Å²) in [6, 6.07) is 20.4. The van der Waals surface area contributed by atoms with E-state index in [1.807, 2.05) is 36.4 Å². The number of carbonyl (C=O) groups is 1. The molecule has 0 aliphatic carbocycles. The Hall–Kier alpha value is -3.18. The largest absolute Gasteiger partial charge is 0.439 e. The van der Waals surface area contributed by atoms with Crippen molar-refractivity contribution in [2.75, 3.05) is 0 Å². The first-order valence-corrected chi connectivity index (χ1v) is 7.99. The van der Waals surface area contributed by atoms with Crippen LogP contribution in [0.2, 0.25) is 0 Å². The average Bonchev–Trinajstić information content (AvgIpc) is 2.67. The molecule has 3 N–H and O–H groups in total. The number of nitrogens with two attached hydrogens (primary N) is 1. The molecular weight excluding hydrogens is 314 g/mol. The van der Waals surface area contributed by atoms with Gasteiger partial charge in [0, 0.05) is 30.9 Å². The molecule has 0 unspecified atom stereocenters. The standard InChI is InChI=1S/C20H19N3O2/c21-13-16-9-10-22-19(11-16)25-18-8-4-7-17(12-18)20(24)23-14-15-5-2-1-3-6-15/h1-12H,13-14,21H2,(H,23,24). The van der Waals surface area contributed by atoms with Crippen LogP contribution in [-0.4, -0.2) is 10.9 Å². The molecule has 0 aliphatic heterocycles. The maximum absolute atomic E-state index is 12.3. The molecule has 126 valence electrons. The predicted molar refractivity (Wildman–Crippen MR) is 96.3 cm³/mol. The number of aromatic nitrogens is 1. The van der Waals surface area contributed by atoms with Crippen molar-refractivity contribution >= 4 is 5.91 Å². The normalized spacial score (nSPS) is 10.3. The van der Waals surface area contributed by atoms with E-state index in [-0.39, 0.29) is 5.91 Å². The summed E-state index contributed by atoms with van der Waals surface area (Å²) in [7, 11) is 0. The Morgan fingerprint density at radius 2 is 1.84 bits per heavy atom. The van der Waals surface area contributed by atoms with Gasteiger partial charge in [-0.1, -0.05) is 36.4 Å². The lowest BCUT2D eigenvalue weighted by Crippen LogP contribution is -2.22. The molecule has 3 aromatic rings. The van der Waals surface area contributed by atoms with Crippen molar-refractivity contribution in [3.05, 3.63) is 89.6 Å². The van der Waals surface area contributed by atoms with Crippen LogP contribution in [0, 0.1) is 0 Å². The molecule has 0 atom stereocenters. The number of ether oxygens (including phenoxy) is 1. The molecule has 1 aromatic heterocycles. The molecular formula is C20H19N3O2. The van der Waals surface area contributed by atoms with E-state index in [2.05, 4.69) is 10.3 Å². The van der Waals surface area contributed by atoms with Crippen molar-refractivity contribution in [3.8, 4) is 11.6 Å². The highest BCUT2D eigenvalue weighted by Gasteiger charge is 2.08. The molecule has 2 aromatic carbocycles. The molecule has 25 heavy (non-hydrogen) atoms. The van der Waals surface area contributed by atoms with Crippen LogP contribution in [0.4, 0.5) is 0 Å². The van der Waals surface area contributed by atoms with Crippen molar-refractivity contribution in [2.45, 2.75) is 13.1 Å². The van der Waals surface area contributed by atoms with Gasteiger partial charge in [-0.15, -0.1) is 0 Å². The van der Waals surface area contributed by atoms with Crippen molar-refractivity contribution in [1.29, 1.82) is 0 Å². The van der Waals surface area contributed by atoms with E-state index in [1.54, 1.807) is 36.5 Å². The summed E-state index contributed by atoms with van der Waals surface area (Å²) >= 11 is 0. The highest BCUT2D eigenvalue weighted by atomic mass is 16.5. The van der Waals surface area contributed by atoms with Gasteiger partial charge in [-0.2, -0.15) is 0 Å². The summed E-state index contributed by atoms with van der Waals surface area (Å²) in [6.07, 6.45) is 1.65. The minimum absolute atomic E-state index is 0.155. The number of benzene rings is 2. The third-order valence-electron chi connectivity index (χ3n) is 3.65. The van der Waals surface area contributed by atoms with Crippen LogP contribution >= 0.6 is 0 Å². The van der Waals surface area contributed by atoms with Crippen LogP contribution in [-0.2, 0) is 13.1 Å². The van der Waals surface area contributed by atoms with Crippen LogP contribution < -0.4 is 15.8 Å². The molecule has 3 rings (SSSR count). The quantitative estimate of drug-likeness (QED) is 0.726. The van der Waals surface area contributed by atoms with Crippen molar-refractivity contribution in [3.63, 3.8) is 0 Å². The Morgan fingerprint density at radius 3 is 2.64 bits per heavy atom. The minimum Gasteiger partial charge on any atom is -0.439 e. The van der Waals surface area contributed by atoms with E-state index in [0.717, 1.165) is 11.1 Å². The smallest absolute Gasteiger partial charge is 0.251 e. The van der Waals surface area contributed by atoms with Gasteiger partial charge >= 0.3 is 0 Å². The van der Waals surface area contributed by atoms with Gasteiger partial charge in [-0.25, -0.2) is 4.98 Å². The molecule has 0 bridgehead atoms. The molecule has 0 saturated carbocycles. The Bertz CT molecular complexity index is 850. The first-order chi connectivity index (χ1) is 12.2. The summed E-state index contributed by atoms with van der Waals surface area (Å²) in [6.45, 7) is 0.895. The second-order valence-electron chi connectivity index (χ2n) is 5.50. The average molecular weight is 333 g/mol.